The lowest BCUT2D eigenvalue weighted by atomic mass is 9.83. The standard InChI is InChI=1S/C13H20N2O4/c1-8(9(2)12(17)18)11(16)15-13(19)14-7-6-10-4-3-5-10/h10H,3-7H2,1-2H3,(H,17,18)(H2,14,15,16,19). The van der Waals surface area contributed by atoms with E-state index in [1.54, 1.807) is 0 Å². The van der Waals surface area contributed by atoms with Gasteiger partial charge in [0.05, 0.1) is 0 Å². The molecule has 0 spiro atoms. The Morgan fingerprint density at radius 2 is 1.79 bits per heavy atom. The topological polar surface area (TPSA) is 95.5 Å². The largest absolute Gasteiger partial charge is 0.478 e. The molecule has 1 saturated carbocycles. The minimum atomic E-state index is -1.17. The van der Waals surface area contributed by atoms with E-state index >= 15 is 0 Å². The smallest absolute Gasteiger partial charge is 0.331 e. The summed E-state index contributed by atoms with van der Waals surface area (Å²) in [5.41, 5.74) is -0.0404. The SMILES string of the molecule is CC(C(=O)O)=C(C)C(=O)NC(=O)NCCC1CCC1. The summed E-state index contributed by atoms with van der Waals surface area (Å²) in [7, 11) is 0. The van der Waals surface area contributed by atoms with E-state index in [2.05, 4.69) is 10.6 Å². The molecule has 0 bridgehead atoms. The molecule has 0 saturated heterocycles. The predicted molar refractivity (Wildman–Crippen MR) is 69.5 cm³/mol. The van der Waals surface area contributed by atoms with E-state index < -0.39 is 17.9 Å². The summed E-state index contributed by atoms with van der Waals surface area (Å²) >= 11 is 0. The van der Waals surface area contributed by atoms with E-state index in [1.807, 2.05) is 0 Å². The van der Waals surface area contributed by atoms with Crippen molar-refractivity contribution in [3.8, 4) is 0 Å². The third-order valence-corrected chi connectivity index (χ3v) is 3.51. The molecule has 0 aromatic heterocycles. The number of hydrogen-bond acceptors (Lipinski definition) is 3. The second-order valence-corrected chi connectivity index (χ2v) is 4.85. The molecule has 0 aromatic rings. The number of nitrogens with one attached hydrogen (secondary N) is 2. The van der Waals surface area contributed by atoms with Crippen molar-refractivity contribution in [3.63, 3.8) is 0 Å². The number of carboxylic acids is 1. The van der Waals surface area contributed by atoms with E-state index in [9.17, 15) is 14.4 Å². The molecule has 6 nitrogen and oxygen atoms in total. The highest BCUT2D eigenvalue weighted by Gasteiger charge is 2.18. The molecule has 0 atom stereocenters. The molecule has 3 amide bonds. The molecule has 6 heteroatoms. The maximum Gasteiger partial charge on any atom is 0.331 e. The van der Waals surface area contributed by atoms with Gasteiger partial charge >= 0.3 is 12.0 Å². The Balaban J connectivity index is 2.32. The van der Waals surface area contributed by atoms with E-state index in [1.165, 1.54) is 33.1 Å². The lowest BCUT2D eigenvalue weighted by Gasteiger charge is -2.25. The highest BCUT2D eigenvalue weighted by molar-refractivity contribution is 6.07. The maximum absolute atomic E-state index is 11.6. The van der Waals surface area contributed by atoms with Crippen LogP contribution in [0.5, 0.6) is 0 Å². The number of urea groups is 1. The Labute approximate surface area is 112 Å². The zero-order valence-corrected chi connectivity index (χ0v) is 11.3. The van der Waals surface area contributed by atoms with Gasteiger partial charge in [0.25, 0.3) is 5.91 Å². The summed E-state index contributed by atoms with van der Waals surface area (Å²) in [6.07, 6.45) is 4.60. The van der Waals surface area contributed by atoms with Crippen molar-refractivity contribution in [2.75, 3.05) is 6.54 Å². The molecule has 1 rings (SSSR count). The molecule has 1 aliphatic carbocycles. The number of carbonyl (C=O) groups excluding carboxylic acids is 2. The Bertz CT molecular complexity index is 411. The number of aliphatic carboxylic acids is 1. The van der Waals surface area contributed by atoms with E-state index in [0.29, 0.717) is 12.5 Å². The third-order valence-electron chi connectivity index (χ3n) is 3.51. The first-order chi connectivity index (χ1) is 8.91. The van der Waals surface area contributed by atoms with Crippen molar-refractivity contribution < 1.29 is 19.5 Å². The Kier molecular flexibility index (Phi) is 5.54. The van der Waals surface area contributed by atoms with E-state index in [4.69, 9.17) is 5.11 Å². The summed E-state index contributed by atoms with van der Waals surface area (Å²) in [6, 6.07) is -0.582. The number of imide groups is 1. The van der Waals surface area contributed by atoms with Crippen LogP contribution in [0.2, 0.25) is 0 Å². The van der Waals surface area contributed by atoms with Crippen molar-refractivity contribution >= 4 is 17.9 Å². The summed E-state index contributed by atoms with van der Waals surface area (Å²) in [4.78, 5) is 33.7. The molecule has 0 aromatic carbocycles. The summed E-state index contributed by atoms with van der Waals surface area (Å²) in [6.45, 7) is 3.23. The summed E-state index contributed by atoms with van der Waals surface area (Å²) in [5, 5.41) is 13.4. The second-order valence-electron chi connectivity index (χ2n) is 4.85. The number of rotatable bonds is 5. The van der Waals surface area contributed by atoms with Crippen molar-refractivity contribution in [3.05, 3.63) is 11.1 Å². The van der Waals surface area contributed by atoms with Crippen LogP contribution in [0, 0.1) is 5.92 Å². The lowest BCUT2D eigenvalue weighted by Crippen LogP contribution is -2.41. The molecule has 1 fully saturated rings. The van der Waals surface area contributed by atoms with Crippen LogP contribution in [0.25, 0.3) is 0 Å². The van der Waals surface area contributed by atoms with Gasteiger partial charge in [0.2, 0.25) is 0 Å². The number of amides is 3. The average Bonchev–Trinajstić information content (AvgIpc) is 2.30. The molecular weight excluding hydrogens is 248 g/mol. The molecule has 3 N–H and O–H groups in total. The zero-order valence-electron chi connectivity index (χ0n) is 11.3. The van der Waals surface area contributed by atoms with Crippen LogP contribution in [0.15, 0.2) is 11.1 Å². The molecule has 0 radical (unpaired) electrons. The van der Waals surface area contributed by atoms with Crippen molar-refractivity contribution in [1.29, 1.82) is 0 Å². The fourth-order valence-electron chi connectivity index (χ4n) is 1.74. The van der Waals surface area contributed by atoms with E-state index in [0.717, 1.165) is 6.42 Å². The molecule has 1 aliphatic rings. The fourth-order valence-corrected chi connectivity index (χ4v) is 1.74. The molecule has 106 valence electrons. The van der Waals surface area contributed by atoms with Gasteiger partial charge in [-0.05, 0) is 26.2 Å². The van der Waals surface area contributed by atoms with Gasteiger partial charge in [0.15, 0.2) is 0 Å². The van der Waals surface area contributed by atoms with Gasteiger partial charge < -0.3 is 10.4 Å². The van der Waals surface area contributed by atoms with E-state index in [-0.39, 0.29) is 11.1 Å². The van der Waals surface area contributed by atoms with Crippen LogP contribution in [0.3, 0.4) is 0 Å². The molecule has 19 heavy (non-hydrogen) atoms. The highest BCUT2D eigenvalue weighted by Crippen LogP contribution is 2.28. The summed E-state index contributed by atoms with van der Waals surface area (Å²) in [5.74, 6) is -1.16. The number of carbonyl (C=O) groups is 3. The number of hydrogen-bond donors (Lipinski definition) is 3. The first-order valence-corrected chi connectivity index (χ1v) is 6.41. The molecule has 0 aliphatic heterocycles. The van der Waals surface area contributed by atoms with Crippen LogP contribution in [-0.4, -0.2) is 29.6 Å². The van der Waals surface area contributed by atoms with Crippen molar-refractivity contribution in [2.24, 2.45) is 5.92 Å². The van der Waals surface area contributed by atoms with Crippen molar-refractivity contribution in [1.82, 2.24) is 10.6 Å². The van der Waals surface area contributed by atoms with Gasteiger partial charge in [0, 0.05) is 17.7 Å². The normalized spacial score (nSPS) is 16.1. The van der Waals surface area contributed by atoms with Gasteiger partial charge in [-0.3, -0.25) is 10.1 Å². The molecule has 0 unspecified atom stereocenters. The van der Waals surface area contributed by atoms with Gasteiger partial charge in [-0.1, -0.05) is 19.3 Å². The monoisotopic (exact) mass is 268 g/mol. The zero-order chi connectivity index (χ0) is 14.4. The third kappa shape index (κ3) is 4.73. The molecule has 0 heterocycles. The molecular formula is C13H20N2O4. The minimum absolute atomic E-state index is 0.0293. The van der Waals surface area contributed by atoms with Gasteiger partial charge in [-0.15, -0.1) is 0 Å². The van der Waals surface area contributed by atoms with Gasteiger partial charge in [-0.2, -0.15) is 0 Å². The Morgan fingerprint density at radius 3 is 2.26 bits per heavy atom. The van der Waals surface area contributed by atoms with Crippen LogP contribution < -0.4 is 10.6 Å². The Morgan fingerprint density at radius 1 is 1.16 bits per heavy atom. The fraction of sp³-hybridized carbons (Fsp3) is 0.615. The van der Waals surface area contributed by atoms with Gasteiger partial charge in [-0.25, -0.2) is 9.59 Å². The van der Waals surface area contributed by atoms with Crippen LogP contribution in [-0.2, 0) is 9.59 Å². The van der Waals surface area contributed by atoms with Crippen molar-refractivity contribution in [2.45, 2.75) is 39.5 Å². The van der Waals surface area contributed by atoms with Crippen LogP contribution in [0.1, 0.15) is 39.5 Å². The first kappa shape index (κ1) is 15.2. The quantitative estimate of drug-likeness (QED) is 0.657. The maximum atomic E-state index is 11.6. The van der Waals surface area contributed by atoms with Gasteiger partial charge in [0.1, 0.15) is 0 Å². The minimum Gasteiger partial charge on any atom is -0.478 e. The lowest BCUT2D eigenvalue weighted by molar-refractivity contribution is -0.133. The predicted octanol–water partition coefficient (Wildman–Crippen LogP) is 1.42. The average molecular weight is 268 g/mol. The summed E-state index contributed by atoms with van der Waals surface area (Å²) < 4.78 is 0. The Hall–Kier alpha value is -1.85. The number of carboxylic acid groups (broad SMARTS) is 1. The van der Waals surface area contributed by atoms with Crippen LogP contribution in [0.4, 0.5) is 4.79 Å². The highest BCUT2D eigenvalue weighted by atomic mass is 16.4. The second kappa shape index (κ2) is 6.92. The van der Waals surface area contributed by atoms with Crippen LogP contribution >= 0.6 is 0 Å². The first-order valence-electron chi connectivity index (χ1n) is 6.41.